The molecule has 1 rings (SSSR count). The molecule has 0 aromatic carbocycles. The molecule has 0 radical (unpaired) electrons. The third kappa shape index (κ3) is 5.52. The number of pyridine rings is 1. The van der Waals surface area contributed by atoms with E-state index in [-0.39, 0.29) is 0 Å². The first kappa shape index (κ1) is 15.0. The van der Waals surface area contributed by atoms with E-state index in [4.69, 9.17) is 11.0 Å². The van der Waals surface area contributed by atoms with Crippen molar-refractivity contribution in [2.24, 2.45) is 5.73 Å². The Bertz CT molecular complexity index is 415. The van der Waals surface area contributed by atoms with Crippen molar-refractivity contribution in [3.63, 3.8) is 0 Å². The van der Waals surface area contributed by atoms with Crippen LogP contribution in [0.15, 0.2) is 17.2 Å². The molecule has 0 aliphatic heterocycles. The fourth-order valence-corrected chi connectivity index (χ4v) is 2.74. The topological polar surface area (TPSA) is 62.7 Å². The molecule has 18 heavy (non-hydrogen) atoms. The lowest BCUT2D eigenvalue weighted by Crippen LogP contribution is -2.33. The van der Waals surface area contributed by atoms with Crippen molar-refractivity contribution >= 4 is 11.8 Å². The molecule has 1 atom stereocenters. The number of aromatic nitrogens is 1. The third-order valence-corrected chi connectivity index (χ3v) is 3.67. The highest BCUT2D eigenvalue weighted by Crippen LogP contribution is 2.20. The van der Waals surface area contributed by atoms with Gasteiger partial charge in [0.25, 0.3) is 0 Å². The Kier molecular flexibility index (Phi) is 5.64. The predicted octanol–water partition coefficient (Wildman–Crippen LogP) is 3.20. The molecule has 1 aromatic heterocycles. The van der Waals surface area contributed by atoms with Gasteiger partial charge >= 0.3 is 0 Å². The molecule has 0 spiro atoms. The number of aryl methyl sites for hydroxylation is 2. The molecular formula is C14H21N3S. The van der Waals surface area contributed by atoms with Gasteiger partial charge in [0.15, 0.2) is 0 Å². The number of hydrogen-bond donors (Lipinski definition) is 1. The maximum Gasteiger partial charge on any atom is 0.101 e. The van der Waals surface area contributed by atoms with E-state index in [0.29, 0.717) is 0 Å². The number of unbranched alkanes of at least 4 members (excludes halogenated alkanes) is 1. The van der Waals surface area contributed by atoms with Gasteiger partial charge in [-0.3, -0.25) is 0 Å². The maximum atomic E-state index is 8.80. The summed E-state index contributed by atoms with van der Waals surface area (Å²) in [5.41, 5.74) is 7.41. The summed E-state index contributed by atoms with van der Waals surface area (Å²) in [4.78, 5) is 4.48. The van der Waals surface area contributed by atoms with Crippen LogP contribution < -0.4 is 5.73 Å². The third-order valence-electron chi connectivity index (χ3n) is 2.67. The quantitative estimate of drug-likeness (QED) is 0.632. The second-order valence-corrected chi connectivity index (χ2v) is 6.07. The summed E-state index contributed by atoms with van der Waals surface area (Å²) in [5, 5.41) is 9.89. The SMILES string of the molecule is Cc1cc(C)nc(SCCCCC(C)(N)C#N)c1. The van der Waals surface area contributed by atoms with Gasteiger partial charge in [0, 0.05) is 5.69 Å². The monoisotopic (exact) mass is 263 g/mol. The summed E-state index contributed by atoms with van der Waals surface area (Å²) >= 11 is 1.77. The highest BCUT2D eigenvalue weighted by atomic mass is 32.2. The largest absolute Gasteiger partial charge is 0.314 e. The van der Waals surface area contributed by atoms with Crippen LogP contribution in [0.3, 0.4) is 0 Å². The van der Waals surface area contributed by atoms with Gasteiger partial charge in [-0.25, -0.2) is 4.98 Å². The number of thioether (sulfide) groups is 1. The minimum atomic E-state index is -0.678. The van der Waals surface area contributed by atoms with Crippen LogP contribution in [-0.4, -0.2) is 16.3 Å². The molecule has 1 heterocycles. The molecule has 1 unspecified atom stereocenters. The second kappa shape index (κ2) is 6.77. The summed E-state index contributed by atoms with van der Waals surface area (Å²) in [5.74, 6) is 1.03. The van der Waals surface area contributed by atoms with Crippen molar-refractivity contribution < 1.29 is 0 Å². The lowest BCUT2D eigenvalue weighted by molar-refractivity contribution is 0.519. The lowest BCUT2D eigenvalue weighted by Gasteiger charge is -2.14. The molecule has 4 heteroatoms. The van der Waals surface area contributed by atoms with Crippen molar-refractivity contribution in [3.8, 4) is 6.07 Å². The van der Waals surface area contributed by atoms with E-state index in [1.165, 1.54) is 5.56 Å². The minimum Gasteiger partial charge on any atom is -0.314 e. The average molecular weight is 263 g/mol. The molecule has 0 aliphatic carbocycles. The van der Waals surface area contributed by atoms with E-state index in [9.17, 15) is 0 Å². The fraction of sp³-hybridized carbons (Fsp3) is 0.571. The Balaban J connectivity index is 2.28. The normalized spacial score (nSPS) is 13.9. The van der Waals surface area contributed by atoms with Crippen LogP contribution in [0.1, 0.15) is 37.4 Å². The van der Waals surface area contributed by atoms with Gasteiger partial charge < -0.3 is 5.73 Å². The first-order valence-electron chi connectivity index (χ1n) is 6.21. The number of nitrogens with two attached hydrogens (primary N) is 1. The van der Waals surface area contributed by atoms with Crippen molar-refractivity contribution in [2.75, 3.05) is 5.75 Å². The number of nitriles is 1. The summed E-state index contributed by atoms with van der Waals surface area (Å²) in [6, 6.07) is 6.31. The molecule has 98 valence electrons. The van der Waals surface area contributed by atoms with E-state index in [0.717, 1.165) is 35.7 Å². The first-order valence-corrected chi connectivity index (χ1v) is 7.20. The average Bonchev–Trinajstić information content (AvgIpc) is 2.27. The fourth-order valence-electron chi connectivity index (χ4n) is 1.71. The van der Waals surface area contributed by atoms with Crippen molar-refractivity contribution in [3.05, 3.63) is 23.4 Å². The van der Waals surface area contributed by atoms with E-state index in [2.05, 4.69) is 30.1 Å². The van der Waals surface area contributed by atoms with Crippen molar-refractivity contribution in [2.45, 2.75) is 50.6 Å². The van der Waals surface area contributed by atoms with Crippen LogP contribution >= 0.6 is 11.8 Å². The van der Waals surface area contributed by atoms with E-state index >= 15 is 0 Å². The minimum absolute atomic E-state index is 0.678. The van der Waals surface area contributed by atoms with Gasteiger partial charge in [-0.1, -0.05) is 0 Å². The lowest BCUT2D eigenvalue weighted by atomic mass is 9.99. The second-order valence-electron chi connectivity index (χ2n) is 4.96. The van der Waals surface area contributed by atoms with Gasteiger partial charge in [0.05, 0.1) is 11.1 Å². The van der Waals surface area contributed by atoms with Crippen LogP contribution in [0.2, 0.25) is 0 Å². The molecule has 0 saturated carbocycles. The van der Waals surface area contributed by atoms with Crippen LogP contribution in [0.5, 0.6) is 0 Å². The van der Waals surface area contributed by atoms with Crippen molar-refractivity contribution in [1.29, 1.82) is 5.26 Å². The molecule has 1 aromatic rings. The number of rotatable bonds is 6. The highest BCUT2D eigenvalue weighted by Gasteiger charge is 2.15. The van der Waals surface area contributed by atoms with Crippen LogP contribution in [0, 0.1) is 25.2 Å². The Hall–Kier alpha value is -1.05. The highest BCUT2D eigenvalue weighted by molar-refractivity contribution is 7.99. The van der Waals surface area contributed by atoms with Crippen molar-refractivity contribution in [1.82, 2.24) is 4.98 Å². The van der Waals surface area contributed by atoms with Gasteiger partial charge in [-0.2, -0.15) is 5.26 Å². The zero-order valence-electron chi connectivity index (χ0n) is 11.4. The van der Waals surface area contributed by atoms with Gasteiger partial charge in [0.1, 0.15) is 5.54 Å². The Morgan fingerprint density at radius 3 is 2.72 bits per heavy atom. The van der Waals surface area contributed by atoms with Crippen LogP contribution in [0.25, 0.3) is 0 Å². The zero-order valence-corrected chi connectivity index (χ0v) is 12.2. The van der Waals surface area contributed by atoms with Gasteiger partial charge in [0.2, 0.25) is 0 Å². The van der Waals surface area contributed by atoms with E-state index in [1.54, 1.807) is 18.7 Å². The smallest absolute Gasteiger partial charge is 0.101 e. The molecular weight excluding hydrogens is 242 g/mol. The zero-order chi connectivity index (χ0) is 13.6. The maximum absolute atomic E-state index is 8.80. The molecule has 0 bridgehead atoms. The molecule has 0 amide bonds. The standard InChI is InChI=1S/C14H21N3S/c1-11-8-12(2)17-13(9-11)18-7-5-4-6-14(3,16)10-15/h8-9H,4-7,16H2,1-3H3. The number of hydrogen-bond acceptors (Lipinski definition) is 4. The molecule has 0 saturated heterocycles. The summed E-state index contributed by atoms with van der Waals surface area (Å²) in [6.45, 7) is 5.89. The van der Waals surface area contributed by atoms with Gasteiger partial charge in [-0.05, 0) is 63.5 Å². The van der Waals surface area contributed by atoms with E-state index in [1.807, 2.05) is 6.92 Å². The van der Waals surface area contributed by atoms with Crippen LogP contribution in [0.4, 0.5) is 0 Å². The first-order chi connectivity index (χ1) is 8.43. The molecule has 0 aliphatic rings. The summed E-state index contributed by atoms with van der Waals surface area (Å²) in [6.07, 6.45) is 2.80. The van der Waals surface area contributed by atoms with Gasteiger partial charge in [-0.15, -0.1) is 11.8 Å². The van der Waals surface area contributed by atoms with Crippen LogP contribution in [-0.2, 0) is 0 Å². The van der Waals surface area contributed by atoms with E-state index < -0.39 is 5.54 Å². The predicted molar refractivity (Wildman–Crippen MR) is 76.5 cm³/mol. The summed E-state index contributed by atoms with van der Waals surface area (Å²) in [7, 11) is 0. The number of nitrogens with zero attached hydrogens (tertiary/aromatic N) is 2. The Morgan fingerprint density at radius 2 is 2.11 bits per heavy atom. The Morgan fingerprint density at radius 1 is 1.39 bits per heavy atom. The molecule has 3 nitrogen and oxygen atoms in total. The molecule has 2 N–H and O–H groups in total. The summed E-state index contributed by atoms with van der Waals surface area (Å²) < 4.78 is 0. The molecule has 0 fully saturated rings. The Labute approximate surface area is 114 Å².